The Morgan fingerprint density at radius 1 is 1.32 bits per heavy atom. The third kappa shape index (κ3) is 2.77. The van der Waals surface area contributed by atoms with Gasteiger partial charge in [-0.3, -0.25) is 9.59 Å². The molecule has 22 heavy (non-hydrogen) atoms. The number of benzene rings is 1. The van der Waals surface area contributed by atoms with Gasteiger partial charge in [0.15, 0.2) is 4.34 Å². The quantitative estimate of drug-likeness (QED) is 0.846. The van der Waals surface area contributed by atoms with Gasteiger partial charge in [0.25, 0.3) is 0 Å². The van der Waals surface area contributed by atoms with Crippen molar-refractivity contribution >= 4 is 45.7 Å². The van der Waals surface area contributed by atoms with E-state index in [0.717, 1.165) is 0 Å². The highest BCUT2D eigenvalue weighted by Crippen LogP contribution is 2.35. The molecule has 0 saturated carbocycles. The van der Waals surface area contributed by atoms with Crippen LogP contribution in [0.3, 0.4) is 0 Å². The predicted octanol–water partition coefficient (Wildman–Crippen LogP) is 1.55. The van der Waals surface area contributed by atoms with Crippen LogP contribution in [0.4, 0.5) is 10.8 Å². The summed E-state index contributed by atoms with van der Waals surface area (Å²) in [6, 6.07) is 6.79. The van der Waals surface area contributed by atoms with Crippen LogP contribution >= 0.6 is 23.1 Å². The van der Waals surface area contributed by atoms with Gasteiger partial charge >= 0.3 is 0 Å². The van der Waals surface area contributed by atoms with Gasteiger partial charge in [0.2, 0.25) is 16.9 Å². The highest BCUT2D eigenvalue weighted by Gasteiger charge is 2.40. The van der Waals surface area contributed by atoms with Crippen LogP contribution in [0.15, 0.2) is 28.6 Å². The van der Waals surface area contributed by atoms with Gasteiger partial charge in [0.1, 0.15) is 11.0 Å². The molecule has 0 radical (unpaired) electrons. The van der Waals surface area contributed by atoms with Crippen molar-refractivity contribution in [2.24, 2.45) is 0 Å². The molecule has 3 rings (SSSR count). The lowest BCUT2D eigenvalue weighted by Crippen LogP contribution is -2.31. The second-order valence-electron chi connectivity index (χ2n) is 4.48. The molecule has 2 heterocycles. The Kier molecular flexibility index (Phi) is 3.99. The number of nitrogens with zero attached hydrogens (tertiary/aromatic N) is 3. The van der Waals surface area contributed by atoms with Crippen LogP contribution < -0.4 is 15.4 Å². The molecule has 2 aromatic rings. The number of carbonyl (C=O) groups excluding carboxylic acids is 2. The molecule has 1 aliphatic heterocycles. The maximum atomic E-state index is 12.5. The van der Waals surface area contributed by atoms with Crippen LogP contribution in [-0.4, -0.2) is 34.4 Å². The first-order valence-electron chi connectivity index (χ1n) is 6.35. The number of amides is 2. The Bertz CT molecular complexity index is 716. The molecule has 1 unspecified atom stereocenters. The summed E-state index contributed by atoms with van der Waals surface area (Å²) in [7, 11) is 1.56. The smallest absolute Gasteiger partial charge is 0.247 e. The number of nitrogens with two attached hydrogens (primary N) is 1. The van der Waals surface area contributed by atoms with Gasteiger partial charge in [0.05, 0.1) is 12.8 Å². The van der Waals surface area contributed by atoms with Gasteiger partial charge in [0, 0.05) is 6.42 Å². The summed E-state index contributed by atoms with van der Waals surface area (Å²) in [6.45, 7) is 0. The monoisotopic (exact) mass is 336 g/mol. The van der Waals surface area contributed by atoms with Crippen molar-refractivity contribution in [3.05, 3.63) is 24.3 Å². The molecule has 0 spiro atoms. The Morgan fingerprint density at radius 2 is 2.05 bits per heavy atom. The lowest BCUT2D eigenvalue weighted by atomic mass is 10.3. The van der Waals surface area contributed by atoms with Crippen molar-refractivity contribution in [1.29, 1.82) is 0 Å². The van der Waals surface area contributed by atoms with E-state index in [9.17, 15) is 9.59 Å². The van der Waals surface area contributed by atoms with Gasteiger partial charge in [-0.05, 0) is 24.3 Å². The van der Waals surface area contributed by atoms with E-state index >= 15 is 0 Å². The molecule has 1 aromatic heterocycles. The Morgan fingerprint density at radius 3 is 2.64 bits per heavy atom. The molecule has 1 atom stereocenters. The maximum absolute atomic E-state index is 12.5. The molecule has 114 valence electrons. The van der Waals surface area contributed by atoms with Crippen molar-refractivity contribution in [2.45, 2.75) is 16.0 Å². The molecule has 1 fully saturated rings. The Balaban J connectivity index is 1.78. The van der Waals surface area contributed by atoms with E-state index in [4.69, 9.17) is 10.5 Å². The van der Waals surface area contributed by atoms with E-state index in [1.165, 1.54) is 28.0 Å². The van der Waals surface area contributed by atoms with Crippen LogP contribution in [0.25, 0.3) is 0 Å². The van der Waals surface area contributed by atoms with Crippen molar-refractivity contribution in [2.75, 3.05) is 17.7 Å². The minimum absolute atomic E-state index is 0.134. The predicted molar refractivity (Wildman–Crippen MR) is 84.1 cm³/mol. The van der Waals surface area contributed by atoms with Crippen molar-refractivity contribution in [3.63, 3.8) is 0 Å². The van der Waals surface area contributed by atoms with Gasteiger partial charge < -0.3 is 10.5 Å². The molecule has 0 aliphatic carbocycles. The molecule has 1 saturated heterocycles. The Hall–Kier alpha value is -2.13. The highest BCUT2D eigenvalue weighted by molar-refractivity contribution is 8.02. The van der Waals surface area contributed by atoms with Crippen LogP contribution in [0.2, 0.25) is 0 Å². The number of hydrogen-bond acceptors (Lipinski definition) is 8. The molecule has 7 nitrogen and oxygen atoms in total. The molecule has 0 bridgehead atoms. The van der Waals surface area contributed by atoms with Crippen LogP contribution in [0.5, 0.6) is 5.75 Å². The summed E-state index contributed by atoms with van der Waals surface area (Å²) in [5, 5.41) is 7.41. The fourth-order valence-electron chi connectivity index (χ4n) is 2.09. The average Bonchev–Trinajstić information content (AvgIpc) is 3.03. The zero-order valence-corrected chi connectivity index (χ0v) is 13.2. The minimum Gasteiger partial charge on any atom is -0.497 e. The SMILES string of the molecule is COc1ccc(N2C(=O)CC(Sc3nnc(N)s3)C2=O)cc1. The van der Waals surface area contributed by atoms with E-state index in [1.54, 1.807) is 31.4 Å². The van der Waals surface area contributed by atoms with Gasteiger partial charge in [-0.1, -0.05) is 23.1 Å². The first kappa shape index (κ1) is 14.8. The third-order valence-corrected chi connectivity index (χ3v) is 5.12. The Labute approximate surface area is 134 Å². The number of hydrogen-bond donors (Lipinski definition) is 1. The minimum atomic E-state index is -0.498. The lowest BCUT2D eigenvalue weighted by Gasteiger charge is -2.14. The molecule has 1 aromatic carbocycles. The standard InChI is InChI=1S/C13H12N4O3S2/c1-20-8-4-2-7(3-5-8)17-10(18)6-9(11(17)19)21-13-16-15-12(14)22-13/h2-5,9H,6H2,1H3,(H2,14,15). The number of nitrogen functional groups attached to an aromatic ring is 1. The molecule has 1 aliphatic rings. The number of rotatable bonds is 4. The summed E-state index contributed by atoms with van der Waals surface area (Å²) in [5.41, 5.74) is 6.06. The van der Waals surface area contributed by atoms with E-state index < -0.39 is 5.25 Å². The highest BCUT2D eigenvalue weighted by atomic mass is 32.2. The zero-order chi connectivity index (χ0) is 15.7. The first-order chi connectivity index (χ1) is 10.6. The summed E-state index contributed by atoms with van der Waals surface area (Å²) in [5.74, 6) is 0.178. The molecular formula is C13H12N4O3S2. The molecule has 2 N–H and O–H groups in total. The summed E-state index contributed by atoms with van der Waals surface area (Å²) in [6.07, 6.45) is 0.134. The number of thioether (sulfide) groups is 1. The molecule has 2 amide bonds. The zero-order valence-electron chi connectivity index (χ0n) is 11.6. The molecular weight excluding hydrogens is 324 g/mol. The summed E-state index contributed by atoms with van der Waals surface area (Å²) >= 11 is 2.42. The second-order valence-corrected chi connectivity index (χ2v) is 6.94. The third-order valence-electron chi connectivity index (χ3n) is 3.10. The van der Waals surface area contributed by atoms with Crippen molar-refractivity contribution in [3.8, 4) is 5.75 Å². The van der Waals surface area contributed by atoms with E-state index in [1.807, 2.05) is 0 Å². The fraction of sp³-hybridized carbons (Fsp3) is 0.231. The van der Waals surface area contributed by atoms with Gasteiger partial charge in [-0.2, -0.15) is 0 Å². The number of aromatic nitrogens is 2. The number of ether oxygens (including phenoxy) is 1. The van der Waals surface area contributed by atoms with Crippen LogP contribution in [0, 0.1) is 0 Å². The number of methoxy groups -OCH3 is 1. The second kappa shape index (κ2) is 5.93. The van der Waals surface area contributed by atoms with E-state index in [-0.39, 0.29) is 18.2 Å². The number of imide groups is 1. The van der Waals surface area contributed by atoms with E-state index in [2.05, 4.69) is 10.2 Å². The average molecular weight is 336 g/mol. The van der Waals surface area contributed by atoms with Crippen molar-refractivity contribution < 1.29 is 14.3 Å². The van der Waals surface area contributed by atoms with E-state index in [0.29, 0.717) is 20.9 Å². The topological polar surface area (TPSA) is 98.4 Å². The maximum Gasteiger partial charge on any atom is 0.247 e. The first-order valence-corrected chi connectivity index (χ1v) is 8.04. The van der Waals surface area contributed by atoms with Crippen LogP contribution in [0.1, 0.15) is 6.42 Å². The number of carbonyl (C=O) groups is 2. The fourth-order valence-corrected chi connectivity index (χ4v) is 3.99. The van der Waals surface area contributed by atoms with Gasteiger partial charge in [-0.25, -0.2) is 4.90 Å². The largest absolute Gasteiger partial charge is 0.497 e. The summed E-state index contributed by atoms with van der Waals surface area (Å²) < 4.78 is 5.65. The molecule has 9 heteroatoms. The van der Waals surface area contributed by atoms with Crippen LogP contribution in [-0.2, 0) is 9.59 Å². The normalized spacial score (nSPS) is 18.0. The number of anilines is 2. The van der Waals surface area contributed by atoms with Crippen molar-refractivity contribution in [1.82, 2.24) is 10.2 Å². The van der Waals surface area contributed by atoms with Gasteiger partial charge in [-0.15, -0.1) is 10.2 Å². The lowest BCUT2D eigenvalue weighted by molar-refractivity contribution is -0.121. The summed E-state index contributed by atoms with van der Waals surface area (Å²) in [4.78, 5) is 25.8.